The molecule has 1 saturated carbocycles. The van der Waals surface area contributed by atoms with Crippen molar-refractivity contribution in [2.24, 2.45) is 11.8 Å². The van der Waals surface area contributed by atoms with E-state index in [9.17, 15) is 18.4 Å². The van der Waals surface area contributed by atoms with Gasteiger partial charge in [0, 0.05) is 18.5 Å². The van der Waals surface area contributed by atoms with Gasteiger partial charge in [0.25, 0.3) is 0 Å². The lowest BCUT2D eigenvalue weighted by Gasteiger charge is -2.27. The molecule has 0 unspecified atom stereocenters. The molecule has 0 bridgehead atoms. The zero-order valence-corrected chi connectivity index (χ0v) is 17.1. The topological polar surface area (TPSA) is 52.0 Å². The summed E-state index contributed by atoms with van der Waals surface area (Å²) in [6, 6.07) is 14.2. The molecule has 1 aliphatic rings. The van der Waals surface area contributed by atoms with Crippen LogP contribution >= 0.6 is 0 Å². The van der Waals surface area contributed by atoms with Crippen LogP contribution in [0.5, 0.6) is 0 Å². The highest BCUT2D eigenvalue weighted by atomic mass is 19.1. The smallest absolute Gasteiger partial charge is 0.166 e. The largest absolute Gasteiger partial charge is 0.299 e. The summed E-state index contributed by atoms with van der Waals surface area (Å²) in [5, 5.41) is 4.35. The first kappa shape index (κ1) is 21.1. The fourth-order valence-corrected chi connectivity index (χ4v) is 4.30. The van der Waals surface area contributed by atoms with Gasteiger partial charge in [-0.3, -0.25) is 9.59 Å². The summed E-state index contributed by atoms with van der Waals surface area (Å²) in [4.78, 5) is 25.1. The first-order valence-electron chi connectivity index (χ1n) is 10.6. The van der Waals surface area contributed by atoms with Crippen molar-refractivity contribution in [3.63, 3.8) is 0 Å². The lowest BCUT2D eigenvalue weighted by molar-refractivity contribution is -0.123. The van der Waals surface area contributed by atoms with Gasteiger partial charge >= 0.3 is 0 Å². The van der Waals surface area contributed by atoms with Crippen molar-refractivity contribution in [1.82, 2.24) is 9.78 Å². The standard InChI is InChI=1S/C25H24F2N2O2/c26-21-6-2-1-5-20(21)25(31)15-17-9-11-18(12-10-17)24(30)16-19-13-14-29(28-19)23-8-4-3-7-22(23)27/h1-8,13-14,17-18H,9-12,15-16H2. The van der Waals surface area contributed by atoms with Gasteiger partial charge in [0.1, 0.15) is 23.1 Å². The van der Waals surface area contributed by atoms with Crippen LogP contribution in [-0.2, 0) is 11.2 Å². The van der Waals surface area contributed by atoms with E-state index >= 15 is 0 Å². The van der Waals surface area contributed by atoms with Crippen molar-refractivity contribution in [2.45, 2.75) is 38.5 Å². The number of para-hydroxylation sites is 1. The van der Waals surface area contributed by atoms with E-state index in [1.54, 1.807) is 42.6 Å². The van der Waals surface area contributed by atoms with Crippen molar-refractivity contribution < 1.29 is 18.4 Å². The summed E-state index contributed by atoms with van der Waals surface area (Å²) >= 11 is 0. The Morgan fingerprint density at radius 2 is 1.58 bits per heavy atom. The quantitative estimate of drug-likeness (QED) is 0.483. The number of halogens is 2. The molecule has 0 amide bonds. The van der Waals surface area contributed by atoms with Gasteiger partial charge in [-0.15, -0.1) is 0 Å². The number of Topliss-reactive ketones (excluding diaryl/α,β-unsaturated/α-hetero) is 2. The maximum Gasteiger partial charge on any atom is 0.166 e. The van der Waals surface area contributed by atoms with Gasteiger partial charge in [-0.05, 0) is 61.9 Å². The van der Waals surface area contributed by atoms with Crippen LogP contribution in [0.15, 0.2) is 60.8 Å². The molecule has 4 nitrogen and oxygen atoms in total. The highest BCUT2D eigenvalue weighted by molar-refractivity contribution is 5.96. The van der Waals surface area contributed by atoms with Crippen LogP contribution in [-0.4, -0.2) is 21.3 Å². The van der Waals surface area contributed by atoms with E-state index in [0.29, 0.717) is 17.8 Å². The Morgan fingerprint density at radius 3 is 2.29 bits per heavy atom. The molecule has 0 radical (unpaired) electrons. The molecule has 31 heavy (non-hydrogen) atoms. The summed E-state index contributed by atoms with van der Waals surface area (Å²) in [5.41, 5.74) is 1.11. The second kappa shape index (κ2) is 9.33. The van der Waals surface area contributed by atoms with E-state index in [1.807, 2.05) is 0 Å². The number of hydrogen-bond donors (Lipinski definition) is 0. The minimum Gasteiger partial charge on any atom is -0.299 e. The third-order valence-electron chi connectivity index (χ3n) is 6.05. The summed E-state index contributed by atoms with van der Waals surface area (Å²) in [7, 11) is 0. The van der Waals surface area contributed by atoms with Crippen LogP contribution in [0.4, 0.5) is 8.78 Å². The summed E-state index contributed by atoms with van der Waals surface area (Å²) in [6.07, 6.45) is 5.19. The van der Waals surface area contributed by atoms with Crippen molar-refractivity contribution in [2.75, 3.05) is 0 Å². The molecule has 1 aromatic heterocycles. The van der Waals surface area contributed by atoms with Crippen LogP contribution in [0.3, 0.4) is 0 Å². The Bertz CT molecular complexity index is 1080. The second-order valence-electron chi connectivity index (χ2n) is 8.17. The minimum absolute atomic E-state index is 0.0570. The fourth-order valence-electron chi connectivity index (χ4n) is 4.30. The number of benzene rings is 2. The number of carbonyl (C=O) groups is 2. The lowest BCUT2D eigenvalue weighted by atomic mass is 9.77. The predicted octanol–water partition coefficient (Wildman–Crippen LogP) is 5.34. The zero-order valence-electron chi connectivity index (χ0n) is 17.1. The Hall–Kier alpha value is -3.15. The summed E-state index contributed by atoms with van der Waals surface area (Å²) in [5.74, 6) is -0.781. The third kappa shape index (κ3) is 4.95. The average molecular weight is 422 g/mol. The van der Waals surface area contributed by atoms with Gasteiger partial charge in [0.2, 0.25) is 0 Å². The Morgan fingerprint density at radius 1 is 0.903 bits per heavy atom. The summed E-state index contributed by atoms with van der Waals surface area (Å²) < 4.78 is 29.2. The third-order valence-corrected chi connectivity index (χ3v) is 6.05. The van der Waals surface area contributed by atoms with E-state index in [4.69, 9.17) is 0 Å². The molecule has 1 aliphatic carbocycles. The highest BCUT2D eigenvalue weighted by Crippen LogP contribution is 2.33. The molecule has 4 rings (SSSR count). The number of rotatable bonds is 7. The predicted molar refractivity (Wildman–Crippen MR) is 113 cm³/mol. The zero-order chi connectivity index (χ0) is 21.8. The molecule has 2 aromatic carbocycles. The molecule has 1 fully saturated rings. The molecule has 0 saturated heterocycles. The first-order valence-corrected chi connectivity index (χ1v) is 10.6. The maximum atomic E-state index is 13.9. The van der Waals surface area contributed by atoms with Gasteiger partial charge in [-0.2, -0.15) is 5.10 Å². The molecular formula is C25H24F2N2O2. The molecule has 160 valence electrons. The SMILES string of the molecule is O=C(CC1CCC(C(=O)Cc2ccn(-c3ccccc3F)n2)CC1)c1ccccc1F. The van der Waals surface area contributed by atoms with Crippen molar-refractivity contribution >= 4 is 11.6 Å². The second-order valence-corrected chi connectivity index (χ2v) is 8.17. The highest BCUT2D eigenvalue weighted by Gasteiger charge is 2.28. The molecule has 0 N–H and O–H groups in total. The van der Waals surface area contributed by atoms with E-state index in [-0.39, 0.29) is 41.2 Å². The van der Waals surface area contributed by atoms with Crippen LogP contribution in [0.25, 0.3) is 5.69 Å². The maximum absolute atomic E-state index is 13.9. The molecular weight excluding hydrogens is 398 g/mol. The van der Waals surface area contributed by atoms with Gasteiger partial charge < -0.3 is 0 Å². The van der Waals surface area contributed by atoms with Gasteiger partial charge in [-0.25, -0.2) is 13.5 Å². The Labute approximate surface area is 179 Å². The van der Waals surface area contributed by atoms with Crippen molar-refractivity contribution in [3.8, 4) is 5.69 Å². The van der Waals surface area contributed by atoms with E-state index in [2.05, 4.69) is 5.10 Å². The molecule has 0 atom stereocenters. The monoisotopic (exact) mass is 422 g/mol. The number of carbonyl (C=O) groups excluding carboxylic acids is 2. The number of ketones is 2. The Balaban J connectivity index is 1.29. The van der Waals surface area contributed by atoms with E-state index in [1.165, 1.54) is 22.9 Å². The average Bonchev–Trinajstić information content (AvgIpc) is 3.23. The normalized spacial score (nSPS) is 18.6. The first-order chi connectivity index (χ1) is 15.0. The lowest BCUT2D eigenvalue weighted by Crippen LogP contribution is -2.24. The Kier molecular flexibility index (Phi) is 6.35. The molecule has 0 spiro atoms. The molecule has 3 aromatic rings. The van der Waals surface area contributed by atoms with Crippen LogP contribution in [0.2, 0.25) is 0 Å². The molecule has 6 heteroatoms. The van der Waals surface area contributed by atoms with Crippen LogP contribution in [0.1, 0.15) is 48.2 Å². The van der Waals surface area contributed by atoms with E-state index in [0.717, 1.165) is 25.7 Å². The number of aromatic nitrogens is 2. The fraction of sp³-hybridized carbons (Fsp3) is 0.320. The molecule has 1 heterocycles. The molecule has 0 aliphatic heterocycles. The van der Waals surface area contributed by atoms with Gasteiger partial charge in [-0.1, -0.05) is 24.3 Å². The van der Waals surface area contributed by atoms with Crippen molar-refractivity contribution in [1.29, 1.82) is 0 Å². The van der Waals surface area contributed by atoms with Crippen molar-refractivity contribution in [3.05, 3.63) is 83.7 Å². The minimum atomic E-state index is -0.480. The van der Waals surface area contributed by atoms with E-state index < -0.39 is 5.82 Å². The van der Waals surface area contributed by atoms with Crippen LogP contribution in [0, 0.1) is 23.5 Å². The van der Waals surface area contributed by atoms with Crippen LogP contribution < -0.4 is 0 Å². The number of hydrogen-bond acceptors (Lipinski definition) is 3. The number of nitrogens with zero attached hydrogens (tertiary/aromatic N) is 2. The van der Waals surface area contributed by atoms with Gasteiger partial charge in [0.05, 0.1) is 17.7 Å². The van der Waals surface area contributed by atoms with Gasteiger partial charge in [0.15, 0.2) is 5.78 Å². The summed E-state index contributed by atoms with van der Waals surface area (Å²) in [6.45, 7) is 0.